The highest BCUT2D eigenvalue weighted by atomic mass is 16.4. The van der Waals surface area contributed by atoms with Crippen molar-refractivity contribution in [3.8, 4) is 0 Å². The van der Waals surface area contributed by atoms with E-state index in [2.05, 4.69) is 12.2 Å². The number of nitrogens with zero attached hydrogens (tertiary/aromatic N) is 1. The Labute approximate surface area is 101 Å². The summed E-state index contributed by atoms with van der Waals surface area (Å²) in [4.78, 5) is 24.2. The average Bonchev–Trinajstić information content (AvgIpc) is 2.76. The van der Waals surface area contributed by atoms with Crippen molar-refractivity contribution in [2.24, 2.45) is 5.92 Å². The van der Waals surface area contributed by atoms with Gasteiger partial charge in [0, 0.05) is 26.1 Å². The molecule has 1 heterocycles. The van der Waals surface area contributed by atoms with Crippen molar-refractivity contribution >= 4 is 12.0 Å². The van der Waals surface area contributed by atoms with E-state index in [0.29, 0.717) is 19.0 Å². The maximum Gasteiger partial charge on any atom is 0.326 e. The quantitative estimate of drug-likeness (QED) is 0.647. The molecule has 0 saturated carbocycles. The summed E-state index contributed by atoms with van der Waals surface area (Å²) in [5.41, 5.74) is 0. The number of aliphatic hydroxyl groups is 1. The molecule has 1 rings (SSSR count). The van der Waals surface area contributed by atoms with Gasteiger partial charge < -0.3 is 20.4 Å². The van der Waals surface area contributed by atoms with E-state index in [9.17, 15) is 9.59 Å². The minimum absolute atomic E-state index is 0.0338. The summed E-state index contributed by atoms with van der Waals surface area (Å²) in [5.74, 6) is -0.597. The molecule has 0 aromatic rings. The first-order valence-electron chi connectivity index (χ1n) is 5.97. The lowest BCUT2D eigenvalue weighted by atomic mass is 10.1. The zero-order valence-corrected chi connectivity index (χ0v) is 10.1. The molecule has 0 aromatic heterocycles. The Morgan fingerprint density at radius 3 is 2.71 bits per heavy atom. The summed E-state index contributed by atoms with van der Waals surface area (Å²) in [6.07, 6.45) is 2.04. The second-order valence-corrected chi connectivity index (χ2v) is 4.36. The van der Waals surface area contributed by atoms with Crippen LogP contribution in [-0.2, 0) is 4.79 Å². The van der Waals surface area contributed by atoms with E-state index in [-0.39, 0.29) is 19.1 Å². The van der Waals surface area contributed by atoms with Crippen LogP contribution in [0.3, 0.4) is 0 Å². The fourth-order valence-corrected chi connectivity index (χ4v) is 1.98. The molecule has 2 atom stereocenters. The van der Waals surface area contributed by atoms with Gasteiger partial charge in [0.15, 0.2) is 0 Å². The number of nitrogens with one attached hydrogen (secondary N) is 1. The fraction of sp³-hybridized carbons (Fsp3) is 0.818. The van der Waals surface area contributed by atoms with E-state index in [1.165, 1.54) is 0 Å². The number of aliphatic carboxylic acids is 1. The molecule has 98 valence electrons. The second kappa shape index (κ2) is 6.44. The second-order valence-electron chi connectivity index (χ2n) is 4.36. The number of carboxylic acids is 1. The van der Waals surface area contributed by atoms with Gasteiger partial charge in [0.05, 0.1) is 0 Å². The monoisotopic (exact) mass is 244 g/mol. The van der Waals surface area contributed by atoms with Crippen LogP contribution in [0.2, 0.25) is 0 Å². The van der Waals surface area contributed by atoms with Gasteiger partial charge in [-0.25, -0.2) is 9.59 Å². The number of likely N-dealkylation sites (tertiary alicyclic amines) is 1. The minimum atomic E-state index is -1.11. The molecule has 6 heteroatoms. The van der Waals surface area contributed by atoms with E-state index in [1.54, 1.807) is 4.90 Å². The molecule has 1 aliphatic heterocycles. The Balaban J connectivity index is 2.45. The predicted octanol–water partition coefficient (Wildman–Crippen LogP) is 0.263. The third-order valence-corrected chi connectivity index (χ3v) is 3.16. The average molecular weight is 244 g/mol. The van der Waals surface area contributed by atoms with Gasteiger partial charge in [-0.3, -0.25) is 0 Å². The molecular weight excluding hydrogens is 224 g/mol. The van der Waals surface area contributed by atoms with Crippen molar-refractivity contribution in [3.63, 3.8) is 0 Å². The zero-order valence-electron chi connectivity index (χ0n) is 10.1. The summed E-state index contributed by atoms with van der Waals surface area (Å²) in [6, 6.07) is -1.35. The molecule has 3 N–H and O–H groups in total. The van der Waals surface area contributed by atoms with Crippen LogP contribution in [0, 0.1) is 5.92 Å². The number of carbonyl (C=O) groups is 2. The summed E-state index contributed by atoms with van der Waals surface area (Å²) >= 11 is 0. The Bertz CT molecular complexity index is 283. The first-order chi connectivity index (χ1) is 8.08. The lowest BCUT2D eigenvalue weighted by Gasteiger charge is -2.20. The van der Waals surface area contributed by atoms with Gasteiger partial charge in [0.2, 0.25) is 0 Å². The summed E-state index contributed by atoms with van der Waals surface area (Å²) in [5, 5.41) is 20.0. The maximum absolute atomic E-state index is 11.8. The van der Waals surface area contributed by atoms with E-state index >= 15 is 0 Å². The number of carboxylic acid groups (broad SMARTS) is 1. The number of hydrogen-bond donors (Lipinski definition) is 3. The summed E-state index contributed by atoms with van der Waals surface area (Å²) < 4.78 is 0. The van der Waals surface area contributed by atoms with E-state index in [1.807, 2.05) is 0 Å². The highest BCUT2D eigenvalue weighted by Gasteiger charge is 2.28. The number of hydrogen-bond acceptors (Lipinski definition) is 3. The number of urea groups is 1. The van der Waals surface area contributed by atoms with Crippen molar-refractivity contribution < 1.29 is 19.8 Å². The number of rotatable bonds is 5. The molecule has 1 fully saturated rings. The topological polar surface area (TPSA) is 89.9 Å². The van der Waals surface area contributed by atoms with Crippen molar-refractivity contribution in [3.05, 3.63) is 0 Å². The van der Waals surface area contributed by atoms with Crippen LogP contribution in [0.25, 0.3) is 0 Å². The fourth-order valence-electron chi connectivity index (χ4n) is 1.98. The SMILES string of the molecule is CCC1CCN(C(=O)N[C@@H](CCO)C(=O)O)C1. The van der Waals surface area contributed by atoms with Crippen LogP contribution >= 0.6 is 0 Å². The molecule has 2 amide bonds. The van der Waals surface area contributed by atoms with Crippen LogP contribution in [0.15, 0.2) is 0 Å². The van der Waals surface area contributed by atoms with Crippen molar-refractivity contribution in [2.45, 2.75) is 32.2 Å². The highest BCUT2D eigenvalue weighted by Crippen LogP contribution is 2.18. The van der Waals surface area contributed by atoms with Gasteiger partial charge in [-0.05, 0) is 12.3 Å². The molecule has 17 heavy (non-hydrogen) atoms. The van der Waals surface area contributed by atoms with E-state index in [0.717, 1.165) is 12.8 Å². The van der Waals surface area contributed by atoms with Gasteiger partial charge in [-0.15, -0.1) is 0 Å². The largest absolute Gasteiger partial charge is 0.480 e. The van der Waals surface area contributed by atoms with Crippen molar-refractivity contribution in [1.29, 1.82) is 0 Å². The van der Waals surface area contributed by atoms with E-state index < -0.39 is 12.0 Å². The van der Waals surface area contributed by atoms with E-state index in [4.69, 9.17) is 10.2 Å². The molecule has 0 spiro atoms. The first-order valence-corrected chi connectivity index (χ1v) is 5.97. The number of amides is 2. The molecule has 6 nitrogen and oxygen atoms in total. The molecule has 0 radical (unpaired) electrons. The molecule has 0 aromatic carbocycles. The Kier molecular flexibility index (Phi) is 5.21. The Hall–Kier alpha value is -1.30. The number of aliphatic hydroxyl groups excluding tert-OH is 1. The van der Waals surface area contributed by atoms with Gasteiger partial charge in [0.1, 0.15) is 6.04 Å². The van der Waals surface area contributed by atoms with Crippen molar-refractivity contribution in [2.75, 3.05) is 19.7 Å². The maximum atomic E-state index is 11.8. The van der Waals surface area contributed by atoms with Crippen LogP contribution in [-0.4, -0.2) is 52.9 Å². The molecule has 0 aliphatic carbocycles. The summed E-state index contributed by atoms with van der Waals surface area (Å²) in [6.45, 7) is 3.19. The van der Waals surface area contributed by atoms with Crippen LogP contribution in [0.5, 0.6) is 0 Å². The standard InChI is InChI=1S/C11H20N2O4/c1-2-8-3-5-13(7-8)11(17)12-9(4-6-14)10(15)16/h8-9,14H,2-7H2,1H3,(H,12,17)(H,15,16)/t8?,9-/m0/s1. The van der Waals surface area contributed by atoms with Gasteiger partial charge in [-0.1, -0.05) is 13.3 Å². The lowest BCUT2D eigenvalue weighted by molar-refractivity contribution is -0.139. The molecule has 1 aliphatic rings. The minimum Gasteiger partial charge on any atom is -0.480 e. The molecular formula is C11H20N2O4. The van der Waals surface area contributed by atoms with Crippen LogP contribution in [0.1, 0.15) is 26.2 Å². The zero-order chi connectivity index (χ0) is 12.8. The van der Waals surface area contributed by atoms with Gasteiger partial charge in [0.25, 0.3) is 0 Å². The molecule has 1 saturated heterocycles. The first kappa shape index (κ1) is 13.8. The Morgan fingerprint density at radius 1 is 1.53 bits per heavy atom. The number of carbonyl (C=O) groups excluding carboxylic acids is 1. The predicted molar refractivity (Wildman–Crippen MR) is 61.6 cm³/mol. The lowest BCUT2D eigenvalue weighted by Crippen LogP contribution is -2.47. The van der Waals surface area contributed by atoms with Gasteiger partial charge >= 0.3 is 12.0 Å². The summed E-state index contributed by atoms with van der Waals surface area (Å²) in [7, 11) is 0. The molecule has 1 unspecified atom stereocenters. The van der Waals surface area contributed by atoms with Crippen LogP contribution < -0.4 is 5.32 Å². The Morgan fingerprint density at radius 2 is 2.24 bits per heavy atom. The normalized spacial score (nSPS) is 21.3. The van der Waals surface area contributed by atoms with Crippen LogP contribution in [0.4, 0.5) is 4.79 Å². The highest BCUT2D eigenvalue weighted by molar-refractivity contribution is 5.82. The van der Waals surface area contributed by atoms with Crippen molar-refractivity contribution in [1.82, 2.24) is 10.2 Å². The van der Waals surface area contributed by atoms with Gasteiger partial charge in [-0.2, -0.15) is 0 Å². The molecule has 0 bridgehead atoms. The third kappa shape index (κ3) is 3.89. The third-order valence-electron chi connectivity index (χ3n) is 3.16. The smallest absolute Gasteiger partial charge is 0.326 e.